The smallest absolute Gasteiger partial charge is 0.433 e. The van der Waals surface area contributed by atoms with Crippen molar-refractivity contribution in [1.29, 1.82) is 0 Å². The molecular weight excluding hydrogens is 521 g/mol. The number of hydrogen-bond acceptors (Lipinski definition) is 4. The highest BCUT2D eigenvalue weighted by atomic mass is 35.5. The van der Waals surface area contributed by atoms with E-state index in [-0.39, 0.29) is 37.6 Å². The fraction of sp³-hybridized carbons (Fsp3) is 0.630. The van der Waals surface area contributed by atoms with Crippen molar-refractivity contribution < 1.29 is 27.9 Å². The quantitative estimate of drug-likeness (QED) is 0.411. The number of aryl methyl sites for hydroxylation is 1. The molecule has 208 valence electrons. The van der Waals surface area contributed by atoms with E-state index in [0.29, 0.717) is 18.0 Å². The normalized spacial score (nSPS) is 21.4. The summed E-state index contributed by atoms with van der Waals surface area (Å²) in [6, 6.07) is -0.608. The van der Waals surface area contributed by atoms with Gasteiger partial charge in [0.05, 0.1) is 28.7 Å². The van der Waals surface area contributed by atoms with E-state index >= 15 is 0 Å². The third-order valence-corrected chi connectivity index (χ3v) is 8.53. The largest absolute Gasteiger partial charge is 0.481 e. The first-order valence-electron chi connectivity index (χ1n) is 13.2. The van der Waals surface area contributed by atoms with Crippen molar-refractivity contribution in [1.82, 2.24) is 19.7 Å². The Bertz CT molecular complexity index is 1150. The van der Waals surface area contributed by atoms with Gasteiger partial charge in [0.1, 0.15) is 0 Å². The molecule has 0 saturated heterocycles. The Morgan fingerprint density at radius 3 is 2.39 bits per heavy atom. The standard InChI is InChI=1S/C27H34ClF3N4O3/c1-17-13-32-15-22(28)20(17)9-12-34(16-26(2)10-3-4-11-26)24(36)21-14-33-35(23(21)27(29,30)31)19-7-5-18(6-8-19)25(37)38/h13-15,18-19H,3-12,16H2,1-2H3,(H,37,38). The van der Waals surface area contributed by atoms with Gasteiger partial charge < -0.3 is 10.0 Å². The SMILES string of the molecule is Cc1cncc(Cl)c1CCN(CC1(C)CCCC1)C(=O)c1cnn(C2CCC(C(=O)O)CC2)c1C(F)(F)F. The number of aromatic nitrogens is 3. The van der Waals surface area contributed by atoms with Crippen LogP contribution in [0.25, 0.3) is 0 Å². The first-order chi connectivity index (χ1) is 17.9. The number of halogens is 4. The number of alkyl halides is 3. The fourth-order valence-electron chi connectivity index (χ4n) is 6.04. The summed E-state index contributed by atoms with van der Waals surface area (Å²) in [6.45, 7) is 4.51. The molecule has 0 atom stereocenters. The number of aliphatic carboxylic acids is 1. The molecule has 2 heterocycles. The number of nitrogens with zero attached hydrogens (tertiary/aromatic N) is 4. The molecular formula is C27H34ClF3N4O3. The molecule has 0 radical (unpaired) electrons. The van der Waals surface area contributed by atoms with Gasteiger partial charge in [-0.2, -0.15) is 18.3 Å². The number of carbonyl (C=O) groups is 2. The van der Waals surface area contributed by atoms with Crippen LogP contribution in [0, 0.1) is 18.3 Å². The van der Waals surface area contributed by atoms with Gasteiger partial charge >= 0.3 is 12.1 Å². The number of carboxylic acids is 1. The number of carbonyl (C=O) groups excluding carboxylic acids is 1. The molecule has 0 aliphatic heterocycles. The third kappa shape index (κ3) is 6.16. The van der Waals surface area contributed by atoms with Crippen molar-refractivity contribution in [3.05, 3.63) is 46.0 Å². The van der Waals surface area contributed by atoms with Crippen LogP contribution in [0.15, 0.2) is 18.6 Å². The molecule has 2 aromatic heterocycles. The molecule has 4 rings (SSSR count). The zero-order valence-electron chi connectivity index (χ0n) is 21.7. The molecule has 0 spiro atoms. The van der Waals surface area contributed by atoms with Gasteiger partial charge in [-0.1, -0.05) is 31.4 Å². The summed E-state index contributed by atoms with van der Waals surface area (Å²) in [5, 5.41) is 13.8. The fourth-order valence-corrected chi connectivity index (χ4v) is 6.34. The second-order valence-electron chi connectivity index (χ2n) is 11.1. The van der Waals surface area contributed by atoms with E-state index < -0.39 is 41.3 Å². The van der Waals surface area contributed by atoms with E-state index in [4.69, 9.17) is 11.6 Å². The monoisotopic (exact) mass is 554 g/mol. The lowest BCUT2D eigenvalue weighted by Gasteiger charge is -2.33. The van der Waals surface area contributed by atoms with Gasteiger partial charge in [-0.3, -0.25) is 19.3 Å². The van der Waals surface area contributed by atoms with Crippen LogP contribution in [0.3, 0.4) is 0 Å². The van der Waals surface area contributed by atoms with E-state index in [1.807, 2.05) is 6.92 Å². The lowest BCUT2D eigenvalue weighted by atomic mass is 9.86. The summed E-state index contributed by atoms with van der Waals surface area (Å²) in [6.07, 6.45) is 4.77. The predicted octanol–water partition coefficient (Wildman–Crippen LogP) is 6.34. The summed E-state index contributed by atoms with van der Waals surface area (Å²) < 4.78 is 44.1. The van der Waals surface area contributed by atoms with E-state index in [2.05, 4.69) is 17.0 Å². The summed E-state index contributed by atoms with van der Waals surface area (Å²) in [4.78, 5) is 30.7. The Morgan fingerprint density at radius 1 is 1.16 bits per heavy atom. The number of hydrogen-bond donors (Lipinski definition) is 1. The summed E-state index contributed by atoms with van der Waals surface area (Å²) in [7, 11) is 0. The number of pyridine rings is 1. The topological polar surface area (TPSA) is 88.3 Å². The van der Waals surface area contributed by atoms with Crippen LogP contribution in [0.2, 0.25) is 5.02 Å². The molecule has 0 unspecified atom stereocenters. The third-order valence-electron chi connectivity index (χ3n) is 8.21. The van der Waals surface area contributed by atoms with Crippen molar-refractivity contribution in [2.24, 2.45) is 11.3 Å². The summed E-state index contributed by atoms with van der Waals surface area (Å²) >= 11 is 6.35. The van der Waals surface area contributed by atoms with E-state index in [0.717, 1.165) is 47.7 Å². The highest BCUT2D eigenvalue weighted by Crippen LogP contribution is 2.41. The molecule has 7 nitrogen and oxygen atoms in total. The van der Waals surface area contributed by atoms with Crippen molar-refractivity contribution in [2.75, 3.05) is 13.1 Å². The molecule has 0 aromatic carbocycles. The van der Waals surface area contributed by atoms with Crippen LogP contribution in [0.5, 0.6) is 0 Å². The average molecular weight is 555 g/mol. The van der Waals surface area contributed by atoms with Gasteiger partial charge in [-0.15, -0.1) is 0 Å². The number of carboxylic acid groups (broad SMARTS) is 1. The maximum Gasteiger partial charge on any atom is 0.433 e. The van der Waals surface area contributed by atoms with E-state index in [1.165, 1.54) is 11.1 Å². The van der Waals surface area contributed by atoms with Gasteiger partial charge in [0.2, 0.25) is 0 Å². The maximum absolute atomic E-state index is 14.4. The molecule has 1 amide bonds. The minimum Gasteiger partial charge on any atom is -0.481 e. The van der Waals surface area contributed by atoms with Crippen molar-refractivity contribution in [3.8, 4) is 0 Å². The van der Waals surface area contributed by atoms with Gasteiger partial charge in [-0.05, 0) is 68.4 Å². The number of rotatable bonds is 8. The first kappa shape index (κ1) is 28.4. The van der Waals surface area contributed by atoms with Crippen molar-refractivity contribution >= 4 is 23.5 Å². The molecule has 2 aromatic rings. The Morgan fingerprint density at radius 2 is 1.82 bits per heavy atom. The zero-order chi connectivity index (χ0) is 27.7. The molecule has 2 aliphatic rings. The van der Waals surface area contributed by atoms with Gasteiger partial charge in [0.25, 0.3) is 5.91 Å². The second-order valence-corrected chi connectivity index (χ2v) is 11.5. The van der Waals surface area contributed by atoms with Gasteiger partial charge in [0.15, 0.2) is 5.69 Å². The lowest BCUT2D eigenvalue weighted by molar-refractivity contribution is -0.147. The molecule has 2 fully saturated rings. The average Bonchev–Trinajstić information content (AvgIpc) is 3.49. The van der Waals surface area contributed by atoms with Gasteiger partial charge in [-0.25, -0.2) is 0 Å². The van der Waals surface area contributed by atoms with Crippen LogP contribution >= 0.6 is 11.6 Å². The maximum atomic E-state index is 14.4. The highest BCUT2D eigenvalue weighted by Gasteiger charge is 2.44. The summed E-state index contributed by atoms with van der Waals surface area (Å²) in [5.41, 5.74) is -0.00947. The Kier molecular flexibility index (Phi) is 8.40. The van der Waals surface area contributed by atoms with Crippen molar-refractivity contribution in [3.63, 3.8) is 0 Å². The molecule has 2 aliphatic carbocycles. The Labute approximate surface area is 225 Å². The van der Waals surface area contributed by atoms with E-state index in [9.17, 15) is 27.9 Å². The van der Waals surface area contributed by atoms with Gasteiger partial charge in [0, 0.05) is 25.5 Å². The highest BCUT2D eigenvalue weighted by molar-refractivity contribution is 6.31. The molecule has 38 heavy (non-hydrogen) atoms. The summed E-state index contributed by atoms with van der Waals surface area (Å²) in [5.74, 6) is -2.20. The second kappa shape index (κ2) is 11.2. The van der Waals surface area contributed by atoms with Crippen LogP contribution in [0.1, 0.15) is 91.5 Å². The first-order valence-corrected chi connectivity index (χ1v) is 13.5. The van der Waals surface area contributed by atoms with Crippen LogP contribution < -0.4 is 0 Å². The molecule has 0 bridgehead atoms. The molecule has 11 heteroatoms. The zero-order valence-corrected chi connectivity index (χ0v) is 22.5. The Balaban J connectivity index is 1.64. The van der Waals surface area contributed by atoms with Crippen molar-refractivity contribution in [2.45, 2.75) is 83.9 Å². The predicted molar refractivity (Wildman–Crippen MR) is 136 cm³/mol. The molecule has 2 saturated carbocycles. The van der Waals surface area contributed by atoms with Crippen LogP contribution in [-0.2, 0) is 17.4 Å². The van der Waals surface area contributed by atoms with Crippen LogP contribution in [-0.4, -0.2) is 49.7 Å². The minimum absolute atomic E-state index is 0.170. The Hall–Kier alpha value is -2.62. The molecule has 1 N–H and O–H groups in total. The van der Waals surface area contributed by atoms with Crippen LogP contribution in [0.4, 0.5) is 13.2 Å². The number of amides is 1. The minimum atomic E-state index is -4.79. The van der Waals surface area contributed by atoms with E-state index in [1.54, 1.807) is 6.20 Å². The lowest BCUT2D eigenvalue weighted by Crippen LogP contribution is -2.41.